The van der Waals surface area contributed by atoms with Gasteiger partial charge in [-0.25, -0.2) is 0 Å². The molecule has 0 saturated heterocycles. The molecular weight excluding hydrogens is 593 g/mol. The van der Waals surface area contributed by atoms with Crippen LogP contribution in [-0.4, -0.2) is 17.4 Å². The number of dihydropyridines is 1. The molecule has 0 fully saturated rings. The molecule has 0 aromatic heterocycles. The van der Waals surface area contributed by atoms with Gasteiger partial charge in [0.1, 0.15) is 0 Å². The highest BCUT2D eigenvalue weighted by Gasteiger charge is 2.36. The van der Waals surface area contributed by atoms with Gasteiger partial charge >= 0.3 is 0 Å². The van der Waals surface area contributed by atoms with Gasteiger partial charge in [-0.1, -0.05) is 81.2 Å². The number of thioether (sulfide) groups is 1. The number of allylic oxidation sites excluding steroid dienone is 2. The number of ketones is 1. The number of nitriles is 1. The maximum absolute atomic E-state index is 13.5. The Kier molecular flexibility index (Phi) is 8.78. The second-order valence-corrected chi connectivity index (χ2v) is 10.9. The van der Waals surface area contributed by atoms with Gasteiger partial charge < -0.3 is 10.6 Å². The van der Waals surface area contributed by atoms with E-state index in [-0.39, 0.29) is 17.4 Å². The van der Waals surface area contributed by atoms with Crippen molar-refractivity contribution in [3.05, 3.63) is 120 Å². The smallest absolute Gasteiger partial charge is 0.254 e. The lowest BCUT2D eigenvalue weighted by atomic mass is 9.82. The number of anilines is 1. The van der Waals surface area contributed by atoms with E-state index in [1.54, 1.807) is 61.5 Å². The summed E-state index contributed by atoms with van der Waals surface area (Å²) in [6.45, 7) is 1.77. The Morgan fingerprint density at radius 3 is 2.38 bits per heavy atom. The Bertz CT molecular complexity index is 1460. The van der Waals surface area contributed by atoms with Crippen LogP contribution in [0.15, 0.2) is 99.1 Å². The third-order valence-corrected chi connectivity index (χ3v) is 7.87. The molecule has 4 rings (SSSR count). The number of nitrogens with zero attached hydrogens (tertiary/aromatic N) is 1. The van der Waals surface area contributed by atoms with E-state index in [4.69, 9.17) is 23.2 Å². The summed E-state index contributed by atoms with van der Waals surface area (Å²) >= 11 is 17.1. The van der Waals surface area contributed by atoms with Crippen molar-refractivity contribution in [2.24, 2.45) is 0 Å². The summed E-state index contributed by atoms with van der Waals surface area (Å²) in [7, 11) is 0. The van der Waals surface area contributed by atoms with Crippen molar-refractivity contribution in [2.45, 2.75) is 12.8 Å². The van der Waals surface area contributed by atoms with Crippen LogP contribution < -0.4 is 10.6 Å². The Hall–Kier alpha value is -3.02. The van der Waals surface area contributed by atoms with E-state index in [0.717, 1.165) is 4.47 Å². The van der Waals surface area contributed by atoms with Gasteiger partial charge in [-0.05, 0) is 55.0 Å². The third-order valence-electron chi connectivity index (χ3n) is 5.72. The normalized spacial score (nSPS) is 15.2. The van der Waals surface area contributed by atoms with Crippen molar-refractivity contribution < 1.29 is 9.59 Å². The molecule has 5 nitrogen and oxygen atoms in total. The Labute approximate surface area is 237 Å². The van der Waals surface area contributed by atoms with E-state index in [1.165, 1.54) is 11.8 Å². The number of hydrogen-bond donors (Lipinski definition) is 2. The molecule has 2 N–H and O–H groups in total. The standard InChI is InChI=1S/C28H20BrCl2N3O2S/c1-16-25(27(36)34-20-12-10-19(30)11-13-20)26(21-4-2-3-5-23(21)31)22(14-32)28(33-16)37-15-24(35)17-6-8-18(29)9-7-17/h2-13,26,33H,15H2,1H3,(H,34,36). The highest BCUT2D eigenvalue weighted by Crippen LogP contribution is 2.43. The van der Waals surface area contributed by atoms with Crippen molar-refractivity contribution in [3.8, 4) is 6.07 Å². The predicted octanol–water partition coefficient (Wildman–Crippen LogP) is 7.71. The van der Waals surface area contributed by atoms with Gasteiger partial charge in [-0.3, -0.25) is 9.59 Å². The highest BCUT2D eigenvalue weighted by atomic mass is 79.9. The number of rotatable bonds is 7. The van der Waals surface area contributed by atoms with Crippen molar-refractivity contribution in [2.75, 3.05) is 11.1 Å². The van der Waals surface area contributed by atoms with Crippen molar-refractivity contribution in [1.29, 1.82) is 5.26 Å². The topological polar surface area (TPSA) is 82.0 Å². The molecule has 0 saturated carbocycles. The second kappa shape index (κ2) is 12.0. The number of carbonyl (C=O) groups excluding carboxylic acids is 2. The molecule has 1 aliphatic rings. The summed E-state index contributed by atoms with van der Waals surface area (Å²) in [6, 6.07) is 23.3. The first-order valence-electron chi connectivity index (χ1n) is 11.1. The summed E-state index contributed by atoms with van der Waals surface area (Å²) in [6.07, 6.45) is 0. The summed E-state index contributed by atoms with van der Waals surface area (Å²) in [5.74, 6) is -1.06. The SMILES string of the molecule is CC1=C(C(=O)Nc2ccc(Cl)cc2)C(c2ccccc2Cl)C(C#N)=C(SCC(=O)c2ccc(Br)cc2)N1. The molecule has 37 heavy (non-hydrogen) atoms. The predicted molar refractivity (Wildman–Crippen MR) is 154 cm³/mol. The average molecular weight is 613 g/mol. The lowest BCUT2D eigenvalue weighted by Crippen LogP contribution is -2.31. The van der Waals surface area contributed by atoms with Crippen LogP contribution in [0.1, 0.15) is 28.8 Å². The molecule has 0 spiro atoms. The zero-order chi connectivity index (χ0) is 26.5. The lowest BCUT2D eigenvalue weighted by Gasteiger charge is -2.30. The number of carbonyl (C=O) groups is 2. The van der Waals surface area contributed by atoms with E-state index in [2.05, 4.69) is 32.6 Å². The van der Waals surface area contributed by atoms with Gasteiger partial charge in [0.05, 0.1) is 28.3 Å². The fourth-order valence-electron chi connectivity index (χ4n) is 3.94. The molecule has 3 aromatic carbocycles. The first-order valence-corrected chi connectivity index (χ1v) is 13.7. The summed E-state index contributed by atoms with van der Waals surface area (Å²) in [4.78, 5) is 26.3. The van der Waals surface area contributed by atoms with Crippen LogP contribution in [0, 0.1) is 11.3 Å². The number of amides is 1. The highest BCUT2D eigenvalue weighted by molar-refractivity contribution is 9.10. The first-order chi connectivity index (χ1) is 17.8. The van der Waals surface area contributed by atoms with Crippen molar-refractivity contribution in [1.82, 2.24) is 5.32 Å². The first kappa shape index (κ1) is 27.0. The van der Waals surface area contributed by atoms with Crippen LogP contribution in [0.3, 0.4) is 0 Å². The van der Waals surface area contributed by atoms with Crippen LogP contribution in [-0.2, 0) is 4.79 Å². The molecule has 1 atom stereocenters. The molecule has 1 unspecified atom stereocenters. The van der Waals surface area contributed by atoms with Crippen LogP contribution in [0.2, 0.25) is 10.0 Å². The molecule has 0 radical (unpaired) electrons. The minimum Gasteiger partial charge on any atom is -0.353 e. The third kappa shape index (κ3) is 6.28. The van der Waals surface area contributed by atoms with Gasteiger partial charge in [0.15, 0.2) is 5.78 Å². The van der Waals surface area contributed by atoms with Crippen LogP contribution in [0.5, 0.6) is 0 Å². The molecule has 186 valence electrons. The van der Waals surface area contributed by atoms with Gasteiger partial charge in [0.25, 0.3) is 5.91 Å². The molecule has 9 heteroatoms. The Balaban J connectivity index is 1.69. The number of halogens is 3. The number of nitrogens with one attached hydrogen (secondary N) is 2. The fourth-order valence-corrected chi connectivity index (χ4v) is 5.56. The van der Waals surface area contributed by atoms with E-state index >= 15 is 0 Å². The summed E-state index contributed by atoms with van der Waals surface area (Å²) < 4.78 is 0.882. The molecular formula is C28H20BrCl2N3O2S. The minimum atomic E-state index is -0.725. The van der Waals surface area contributed by atoms with Crippen LogP contribution in [0.4, 0.5) is 5.69 Å². The van der Waals surface area contributed by atoms with Gasteiger partial charge in [0, 0.05) is 37.0 Å². The Morgan fingerprint density at radius 2 is 1.73 bits per heavy atom. The largest absolute Gasteiger partial charge is 0.353 e. The molecule has 0 bridgehead atoms. The monoisotopic (exact) mass is 611 g/mol. The van der Waals surface area contributed by atoms with Crippen LogP contribution >= 0.6 is 50.9 Å². The molecule has 3 aromatic rings. The summed E-state index contributed by atoms with van der Waals surface area (Å²) in [5.41, 5.74) is 3.00. The molecule has 0 aliphatic carbocycles. The van der Waals surface area contributed by atoms with Gasteiger partial charge in [-0.2, -0.15) is 5.26 Å². The van der Waals surface area contributed by atoms with Crippen molar-refractivity contribution >= 4 is 68.3 Å². The number of Topliss-reactive ketones (excluding diaryl/α,β-unsaturated/α-hetero) is 1. The quantitative estimate of drug-likeness (QED) is 0.267. The van der Waals surface area contributed by atoms with E-state index < -0.39 is 5.92 Å². The average Bonchev–Trinajstić information content (AvgIpc) is 2.88. The lowest BCUT2D eigenvalue weighted by molar-refractivity contribution is -0.113. The van der Waals surface area contributed by atoms with Gasteiger partial charge in [-0.15, -0.1) is 0 Å². The zero-order valence-corrected chi connectivity index (χ0v) is 23.4. The van der Waals surface area contributed by atoms with E-state index in [9.17, 15) is 14.9 Å². The maximum atomic E-state index is 13.5. The zero-order valence-electron chi connectivity index (χ0n) is 19.5. The van der Waals surface area contributed by atoms with Gasteiger partial charge in [0.2, 0.25) is 0 Å². The fraction of sp³-hybridized carbons (Fsp3) is 0.107. The minimum absolute atomic E-state index is 0.0775. The molecule has 1 heterocycles. The van der Waals surface area contributed by atoms with E-state index in [0.29, 0.717) is 48.7 Å². The number of benzene rings is 3. The van der Waals surface area contributed by atoms with Crippen molar-refractivity contribution in [3.63, 3.8) is 0 Å². The summed E-state index contributed by atoms with van der Waals surface area (Å²) in [5, 5.41) is 17.8. The van der Waals surface area contributed by atoms with Crippen LogP contribution in [0.25, 0.3) is 0 Å². The van der Waals surface area contributed by atoms with E-state index in [1.807, 2.05) is 18.2 Å². The maximum Gasteiger partial charge on any atom is 0.254 e. The Morgan fingerprint density at radius 1 is 1.05 bits per heavy atom. The molecule has 1 amide bonds. The molecule has 1 aliphatic heterocycles. The number of hydrogen-bond acceptors (Lipinski definition) is 5. The second-order valence-electron chi connectivity index (χ2n) is 8.15.